The van der Waals surface area contributed by atoms with Crippen molar-refractivity contribution in [2.75, 3.05) is 37.7 Å². The molecule has 0 unspecified atom stereocenters. The lowest BCUT2D eigenvalue weighted by molar-refractivity contribution is 0.0520. The second-order valence-corrected chi connectivity index (χ2v) is 10.4. The first-order valence-electron chi connectivity index (χ1n) is 11.5. The molecule has 1 saturated heterocycles. The van der Waals surface area contributed by atoms with Gasteiger partial charge in [-0.25, -0.2) is 23.2 Å². The summed E-state index contributed by atoms with van der Waals surface area (Å²) in [6.07, 6.45) is 0.855. The molecule has 4 rings (SSSR count). The summed E-state index contributed by atoms with van der Waals surface area (Å²) in [5.41, 5.74) is 4.72. The van der Waals surface area contributed by atoms with Crippen LogP contribution in [0.1, 0.15) is 41.0 Å². The average Bonchev–Trinajstić information content (AvgIpc) is 2.84. The lowest BCUT2D eigenvalue weighted by Crippen LogP contribution is -2.49. The predicted octanol–water partition coefficient (Wildman–Crippen LogP) is 3.50. The number of hydrogen-bond acceptors (Lipinski definition) is 7. The largest absolute Gasteiger partial charge is 0.461 e. The maximum absolute atomic E-state index is 13.1. The van der Waals surface area contributed by atoms with Crippen LogP contribution in [0.5, 0.6) is 0 Å². The topological polar surface area (TPSA) is 92.7 Å². The number of nitrogens with zero attached hydrogens (tertiary/aromatic N) is 4. The molecule has 0 bridgehead atoms. The van der Waals surface area contributed by atoms with Crippen molar-refractivity contribution in [3.8, 4) is 0 Å². The zero-order valence-corrected chi connectivity index (χ0v) is 20.9. The first kappa shape index (κ1) is 24.1. The summed E-state index contributed by atoms with van der Waals surface area (Å²) in [5, 5.41) is 0. The number of ether oxygens (including phenoxy) is 1. The van der Waals surface area contributed by atoms with E-state index in [1.54, 1.807) is 19.1 Å². The van der Waals surface area contributed by atoms with Crippen molar-refractivity contribution in [2.45, 2.75) is 39.0 Å². The molecule has 0 N–H and O–H groups in total. The Balaban J connectivity index is 1.62. The van der Waals surface area contributed by atoms with Gasteiger partial charge < -0.3 is 9.64 Å². The number of carbonyl (C=O) groups is 1. The number of rotatable bonds is 6. The molecule has 2 heterocycles. The van der Waals surface area contributed by atoms with E-state index in [1.165, 1.54) is 4.31 Å². The van der Waals surface area contributed by atoms with Crippen LogP contribution in [0.2, 0.25) is 0 Å². The highest BCUT2D eigenvalue weighted by atomic mass is 32.2. The number of carbonyl (C=O) groups excluding carboxylic acids is 1. The number of anilines is 1. The third kappa shape index (κ3) is 4.63. The molecule has 1 aliphatic rings. The van der Waals surface area contributed by atoms with Crippen LogP contribution in [0.25, 0.3) is 11.0 Å². The van der Waals surface area contributed by atoms with Crippen molar-refractivity contribution < 1.29 is 17.9 Å². The van der Waals surface area contributed by atoms with E-state index >= 15 is 0 Å². The van der Waals surface area contributed by atoms with Gasteiger partial charge in [0.1, 0.15) is 0 Å². The normalized spacial score (nSPS) is 15.0. The predicted molar refractivity (Wildman–Crippen MR) is 132 cm³/mol. The molecule has 1 aromatic heterocycles. The molecule has 2 aromatic carbocycles. The standard InChI is InChI=1S/C25H30N4O4S/c1-5-19-7-9-20(10-8-19)34(31,32)29-13-11-28(12-14-29)24-23(25(30)33-6-2)26-21-15-17(3)18(4)16-22(21)27-24/h7-10,15-16H,5-6,11-14H2,1-4H3. The fourth-order valence-electron chi connectivity index (χ4n) is 4.05. The maximum Gasteiger partial charge on any atom is 0.360 e. The number of fused-ring (bicyclic) bond motifs is 1. The van der Waals surface area contributed by atoms with Crippen LogP contribution in [-0.4, -0.2) is 61.4 Å². The van der Waals surface area contributed by atoms with E-state index < -0.39 is 16.0 Å². The molecule has 1 aliphatic heterocycles. The number of aryl methyl sites for hydroxylation is 3. The molecule has 8 nitrogen and oxygen atoms in total. The lowest BCUT2D eigenvalue weighted by atomic mass is 10.1. The van der Waals surface area contributed by atoms with Gasteiger partial charge in [0.2, 0.25) is 10.0 Å². The van der Waals surface area contributed by atoms with Crippen molar-refractivity contribution in [2.24, 2.45) is 0 Å². The molecule has 0 atom stereocenters. The van der Waals surface area contributed by atoms with Crippen molar-refractivity contribution in [3.63, 3.8) is 0 Å². The summed E-state index contributed by atoms with van der Waals surface area (Å²) in [6, 6.07) is 10.9. The minimum atomic E-state index is -3.59. The van der Waals surface area contributed by atoms with E-state index in [-0.39, 0.29) is 25.4 Å². The Morgan fingerprint density at radius 2 is 1.53 bits per heavy atom. The number of aromatic nitrogens is 2. The van der Waals surface area contributed by atoms with Gasteiger partial charge in [-0.1, -0.05) is 19.1 Å². The molecule has 34 heavy (non-hydrogen) atoms. The highest BCUT2D eigenvalue weighted by Gasteiger charge is 2.31. The molecule has 0 spiro atoms. The Bertz CT molecular complexity index is 1310. The number of hydrogen-bond donors (Lipinski definition) is 0. The molecule has 0 amide bonds. The van der Waals surface area contributed by atoms with Gasteiger partial charge >= 0.3 is 5.97 Å². The molecule has 0 saturated carbocycles. The van der Waals surface area contributed by atoms with Gasteiger partial charge in [0.15, 0.2) is 11.5 Å². The van der Waals surface area contributed by atoms with Gasteiger partial charge in [0.25, 0.3) is 0 Å². The summed E-state index contributed by atoms with van der Waals surface area (Å²) in [5.74, 6) is -0.102. The fourth-order valence-corrected chi connectivity index (χ4v) is 5.47. The second kappa shape index (κ2) is 9.68. The number of esters is 1. The molecule has 9 heteroatoms. The van der Waals surface area contributed by atoms with Gasteiger partial charge in [-0.05, 0) is 68.1 Å². The van der Waals surface area contributed by atoms with Gasteiger partial charge in [-0.3, -0.25) is 0 Å². The molecular weight excluding hydrogens is 452 g/mol. The minimum Gasteiger partial charge on any atom is -0.461 e. The lowest BCUT2D eigenvalue weighted by Gasteiger charge is -2.35. The molecule has 3 aromatic rings. The molecule has 0 aliphatic carbocycles. The van der Waals surface area contributed by atoms with E-state index in [1.807, 2.05) is 49.9 Å². The smallest absolute Gasteiger partial charge is 0.360 e. The van der Waals surface area contributed by atoms with Gasteiger partial charge in [0.05, 0.1) is 22.5 Å². The Morgan fingerprint density at radius 3 is 2.09 bits per heavy atom. The molecule has 1 fully saturated rings. The Morgan fingerprint density at radius 1 is 0.941 bits per heavy atom. The van der Waals surface area contributed by atoms with Crippen LogP contribution in [0, 0.1) is 13.8 Å². The van der Waals surface area contributed by atoms with E-state index in [0.29, 0.717) is 34.8 Å². The van der Waals surface area contributed by atoms with Crippen LogP contribution in [0.3, 0.4) is 0 Å². The zero-order valence-electron chi connectivity index (χ0n) is 20.0. The quantitative estimate of drug-likeness (QED) is 0.497. The van der Waals surface area contributed by atoms with Crippen molar-refractivity contribution in [3.05, 3.63) is 58.8 Å². The summed E-state index contributed by atoms with van der Waals surface area (Å²) >= 11 is 0. The van der Waals surface area contributed by atoms with Crippen LogP contribution < -0.4 is 4.90 Å². The third-order valence-corrected chi connectivity index (χ3v) is 8.15. The molecule has 0 radical (unpaired) electrons. The SMILES string of the molecule is CCOC(=O)c1nc2cc(C)c(C)cc2nc1N1CCN(S(=O)(=O)c2ccc(CC)cc2)CC1. The average molecular weight is 483 g/mol. The van der Waals surface area contributed by atoms with Crippen molar-refractivity contribution >= 4 is 32.8 Å². The van der Waals surface area contributed by atoms with Crippen molar-refractivity contribution in [1.29, 1.82) is 0 Å². The van der Waals surface area contributed by atoms with Crippen LogP contribution in [0.15, 0.2) is 41.3 Å². The fraction of sp³-hybridized carbons (Fsp3) is 0.400. The summed E-state index contributed by atoms with van der Waals surface area (Å²) in [7, 11) is -3.59. The van der Waals surface area contributed by atoms with Crippen LogP contribution >= 0.6 is 0 Å². The highest BCUT2D eigenvalue weighted by molar-refractivity contribution is 7.89. The second-order valence-electron chi connectivity index (χ2n) is 8.43. The molecule has 180 valence electrons. The number of piperazine rings is 1. The summed E-state index contributed by atoms with van der Waals surface area (Å²) in [4.78, 5) is 24.3. The van der Waals surface area contributed by atoms with E-state index in [9.17, 15) is 13.2 Å². The van der Waals surface area contributed by atoms with Crippen LogP contribution in [-0.2, 0) is 21.2 Å². The number of benzene rings is 2. The first-order valence-corrected chi connectivity index (χ1v) is 13.0. The van der Waals surface area contributed by atoms with Gasteiger partial charge in [0, 0.05) is 26.2 Å². The third-order valence-electron chi connectivity index (χ3n) is 6.24. The first-order chi connectivity index (χ1) is 16.2. The summed E-state index contributed by atoms with van der Waals surface area (Å²) < 4.78 is 33.0. The van der Waals surface area contributed by atoms with Crippen LogP contribution in [0.4, 0.5) is 5.82 Å². The Labute approximate surface area is 200 Å². The Kier molecular flexibility index (Phi) is 6.86. The maximum atomic E-state index is 13.1. The van der Waals surface area contributed by atoms with Crippen molar-refractivity contribution in [1.82, 2.24) is 14.3 Å². The van der Waals surface area contributed by atoms with Gasteiger partial charge in [-0.15, -0.1) is 0 Å². The number of sulfonamides is 1. The van der Waals surface area contributed by atoms with E-state index in [0.717, 1.165) is 23.1 Å². The van der Waals surface area contributed by atoms with Gasteiger partial charge in [-0.2, -0.15) is 4.31 Å². The zero-order chi connectivity index (χ0) is 24.5. The van der Waals surface area contributed by atoms with E-state index in [4.69, 9.17) is 9.72 Å². The summed E-state index contributed by atoms with van der Waals surface area (Å²) in [6.45, 7) is 9.36. The minimum absolute atomic E-state index is 0.157. The monoisotopic (exact) mass is 482 g/mol. The molecular formula is C25H30N4O4S. The Hall–Kier alpha value is -3.04. The van der Waals surface area contributed by atoms with E-state index in [2.05, 4.69) is 4.98 Å². The highest BCUT2D eigenvalue weighted by Crippen LogP contribution is 2.26.